The molecule has 2 unspecified atom stereocenters. The van der Waals surface area contributed by atoms with E-state index in [9.17, 15) is 9.59 Å². The van der Waals surface area contributed by atoms with E-state index in [1.807, 2.05) is 24.0 Å². The van der Waals surface area contributed by atoms with Crippen LogP contribution >= 0.6 is 0 Å². The molecule has 9 nitrogen and oxygen atoms in total. The molecule has 9 heteroatoms. The predicted octanol–water partition coefficient (Wildman–Crippen LogP) is 4.42. The first kappa shape index (κ1) is 27.1. The molecule has 0 spiro atoms. The van der Waals surface area contributed by atoms with E-state index in [1.54, 1.807) is 0 Å². The molecule has 0 bridgehead atoms. The quantitative estimate of drug-likeness (QED) is 0.432. The van der Waals surface area contributed by atoms with Gasteiger partial charge >= 0.3 is 0 Å². The third-order valence-corrected chi connectivity index (χ3v) is 8.80. The molecule has 0 radical (unpaired) electrons. The highest BCUT2D eigenvalue weighted by Gasteiger charge is 2.31. The second-order valence-corrected chi connectivity index (χ2v) is 11.2. The van der Waals surface area contributed by atoms with E-state index in [0.717, 1.165) is 24.6 Å². The number of nitrogens with two attached hydrogens (primary N) is 1. The van der Waals surface area contributed by atoms with Gasteiger partial charge in [-0.1, -0.05) is 31.6 Å². The molecule has 5 rings (SSSR count). The first-order chi connectivity index (χ1) is 18.9. The van der Waals surface area contributed by atoms with Crippen LogP contribution in [0.2, 0.25) is 0 Å². The first-order valence-corrected chi connectivity index (χ1v) is 14.4. The van der Waals surface area contributed by atoms with Crippen molar-refractivity contribution in [1.29, 1.82) is 0 Å². The molecule has 2 aliphatic heterocycles. The standard InChI is InChI=1S/C30H41N7O2/c1-3-27(38)37-16-6-9-25(20(37)2)34-26-19-32-28(29(31)39)30(35-26)33-23-12-10-21(11-13-23)22-14-17-36(18-15-22)24-7-4-5-8-24/h3,10-13,19-20,22,24-25H,1,4-9,14-18H2,2H3,(H2,31,39)(H2,33,34,35). The van der Waals surface area contributed by atoms with Crippen LogP contribution in [0.3, 0.4) is 0 Å². The second-order valence-electron chi connectivity index (χ2n) is 11.2. The van der Waals surface area contributed by atoms with E-state index >= 15 is 0 Å². The number of primary amides is 1. The number of aromatic nitrogens is 2. The number of carbonyl (C=O) groups excluding carboxylic acids is 2. The lowest BCUT2D eigenvalue weighted by Gasteiger charge is -2.39. The summed E-state index contributed by atoms with van der Waals surface area (Å²) in [6.07, 6.45) is 12.5. The molecule has 1 saturated carbocycles. The molecule has 2 amide bonds. The molecule has 3 aliphatic rings. The maximum atomic E-state index is 12.2. The van der Waals surface area contributed by atoms with Gasteiger partial charge in [-0.2, -0.15) is 0 Å². The van der Waals surface area contributed by atoms with Crippen LogP contribution in [0.1, 0.15) is 80.3 Å². The Morgan fingerprint density at radius 3 is 2.41 bits per heavy atom. The molecule has 1 aromatic heterocycles. The molecular formula is C30H41N7O2. The minimum atomic E-state index is -0.643. The summed E-state index contributed by atoms with van der Waals surface area (Å²) in [6.45, 7) is 8.72. The average molecular weight is 532 g/mol. The summed E-state index contributed by atoms with van der Waals surface area (Å²) < 4.78 is 0. The third-order valence-electron chi connectivity index (χ3n) is 8.80. The second kappa shape index (κ2) is 12.2. The number of amides is 2. The molecule has 4 N–H and O–H groups in total. The largest absolute Gasteiger partial charge is 0.364 e. The molecule has 39 heavy (non-hydrogen) atoms. The normalized spacial score (nSPS) is 22.9. The van der Waals surface area contributed by atoms with E-state index in [1.165, 1.54) is 69.5 Å². The predicted molar refractivity (Wildman–Crippen MR) is 154 cm³/mol. The van der Waals surface area contributed by atoms with Crippen LogP contribution in [0, 0.1) is 0 Å². The van der Waals surface area contributed by atoms with Crippen molar-refractivity contribution in [2.45, 2.75) is 82.3 Å². The first-order valence-electron chi connectivity index (χ1n) is 14.4. The van der Waals surface area contributed by atoms with Crippen LogP contribution in [0.25, 0.3) is 0 Å². The van der Waals surface area contributed by atoms with Crippen molar-refractivity contribution in [3.63, 3.8) is 0 Å². The van der Waals surface area contributed by atoms with E-state index in [-0.39, 0.29) is 23.7 Å². The topological polar surface area (TPSA) is 116 Å². The number of likely N-dealkylation sites (tertiary alicyclic amines) is 2. The highest BCUT2D eigenvalue weighted by Crippen LogP contribution is 2.33. The number of anilines is 3. The van der Waals surface area contributed by atoms with Gasteiger partial charge in [-0.05, 0) is 88.2 Å². The Balaban J connectivity index is 1.24. The van der Waals surface area contributed by atoms with Gasteiger partial charge in [0.05, 0.1) is 6.20 Å². The van der Waals surface area contributed by atoms with E-state index in [4.69, 9.17) is 5.73 Å². The Kier molecular flexibility index (Phi) is 8.45. The van der Waals surface area contributed by atoms with Crippen molar-refractivity contribution in [1.82, 2.24) is 19.8 Å². The molecule has 2 saturated heterocycles. The fourth-order valence-electron chi connectivity index (χ4n) is 6.52. The Bertz CT molecular complexity index is 1170. The zero-order valence-electron chi connectivity index (χ0n) is 22.9. The number of piperidine rings is 2. The average Bonchev–Trinajstić information content (AvgIpc) is 3.50. The fraction of sp³-hybridized carbons (Fsp3) is 0.533. The maximum Gasteiger partial charge on any atom is 0.271 e. The van der Waals surface area contributed by atoms with Crippen molar-refractivity contribution >= 4 is 29.1 Å². The highest BCUT2D eigenvalue weighted by atomic mass is 16.2. The highest BCUT2D eigenvalue weighted by molar-refractivity contribution is 5.96. The van der Waals surface area contributed by atoms with Crippen LogP contribution in [0.15, 0.2) is 43.1 Å². The fourth-order valence-corrected chi connectivity index (χ4v) is 6.52. The summed E-state index contributed by atoms with van der Waals surface area (Å²) in [5.74, 6) is 0.700. The molecule has 1 aromatic carbocycles. The third kappa shape index (κ3) is 6.24. The van der Waals surface area contributed by atoms with Gasteiger partial charge in [0.2, 0.25) is 5.91 Å². The number of hydrogen-bond donors (Lipinski definition) is 3. The zero-order chi connectivity index (χ0) is 27.4. The molecule has 2 atom stereocenters. The monoisotopic (exact) mass is 531 g/mol. The Labute approximate surface area is 231 Å². The smallest absolute Gasteiger partial charge is 0.271 e. The van der Waals surface area contributed by atoms with E-state index < -0.39 is 5.91 Å². The Morgan fingerprint density at radius 2 is 1.74 bits per heavy atom. The van der Waals surface area contributed by atoms with Gasteiger partial charge in [0.25, 0.3) is 5.91 Å². The van der Waals surface area contributed by atoms with Crippen LogP contribution < -0.4 is 16.4 Å². The van der Waals surface area contributed by atoms with E-state index in [2.05, 4.69) is 44.2 Å². The van der Waals surface area contributed by atoms with Crippen LogP contribution in [0.4, 0.5) is 17.3 Å². The van der Waals surface area contributed by atoms with Crippen molar-refractivity contribution in [3.8, 4) is 0 Å². The SMILES string of the molecule is C=CC(=O)N1CCCC(Nc2cnc(C(N)=O)c(Nc3ccc(C4CCN(C5CCCC5)CC4)cc3)n2)C1C. The number of rotatable bonds is 8. The van der Waals surface area contributed by atoms with Gasteiger partial charge in [0.1, 0.15) is 5.82 Å². The maximum absolute atomic E-state index is 12.2. The van der Waals surface area contributed by atoms with E-state index in [0.29, 0.717) is 24.1 Å². The van der Waals surface area contributed by atoms with Gasteiger partial charge in [-0.3, -0.25) is 9.59 Å². The number of nitrogens with zero attached hydrogens (tertiary/aromatic N) is 4. The van der Waals surface area contributed by atoms with Gasteiger partial charge in [-0.25, -0.2) is 9.97 Å². The minimum Gasteiger partial charge on any atom is -0.364 e. The van der Waals surface area contributed by atoms with Crippen LogP contribution in [0.5, 0.6) is 0 Å². The Morgan fingerprint density at radius 1 is 1.03 bits per heavy atom. The zero-order valence-corrected chi connectivity index (χ0v) is 22.9. The van der Waals surface area contributed by atoms with Crippen molar-refractivity contribution in [3.05, 3.63) is 54.4 Å². The van der Waals surface area contributed by atoms with Crippen LogP contribution in [-0.2, 0) is 4.79 Å². The molecule has 1 aliphatic carbocycles. The molecule has 3 heterocycles. The van der Waals surface area contributed by atoms with Gasteiger partial charge < -0.3 is 26.2 Å². The molecular weight excluding hydrogens is 490 g/mol. The van der Waals surface area contributed by atoms with Gasteiger partial charge in [0, 0.05) is 30.4 Å². The molecule has 2 aromatic rings. The lowest BCUT2D eigenvalue weighted by Crippen LogP contribution is -2.51. The Hall–Kier alpha value is -3.46. The van der Waals surface area contributed by atoms with Crippen LogP contribution in [-0.4, -0.2) is 69.3 Å². The number of carbonyl (C=O) groups is 2. The lowest BCUT2D eigenvalue weighted by molar-refractivity contribution is -0.129. The molecule has 208 valence electrons. The summed E-state index contributed by atoms with van der Waals surface area (Å²) in [7, 11) is 0. The minimum absolute atomic E-state index is 0.00333. The summed E-state index contributed by atoms with van der Waals surface area (Å²) in [6, 6.07) is 9.19. The van der Waals surface area contributed by atoms with Gasteiger partial charge in [-0.15, -0.1) is 0 Å². The molecule has 3 fully saturated rings. The summed E-state index contributed by atoms with van der Waals surface area (Å²) in [5, 5.41) is 6.66. The van der Waals surface area contributed by atoms with Crippen molar-refractivity contribution in [2.24, 2.45) is 5.73 Å². The summed E-state index contributed by atoms with van der Waals surface area (Å²) in [5.41, 5.74) is 7.88. The number of hydrogen-bond acceptors (Lipinski definition) is 7. The number of nitrogens with one attached hydrogen (secondary N) is 2. The lowest BCUT2D eigenvalue weighted by atomic mass is 9.88. The van der Waals surface area contributed by atoms with Crippen molar-refractivity contribution < 1.29 is 9.59 Å². The number of benzene rings is 1. The summed E-state index contributed by atoms with van der Waals surface area (Å²) in [4.78, 5) is 37.8. The van der Waals surface area contributed by atoms with Gasteiger partial charge in [0.15, 0.2) is 11.5 Å². The van der Waals surface area contributed by atoms with Crippen molar-refractivity contribution in [2.75, 3.05) is 30.3 Å². The summed E-state index contributed by atoms with van der Waals surface area (Å²) >= 11 is 0.